The lowest BCUT2D eigenvalue weighted by molar-refractivity contribution is 0.0913. The van der Waals surface area contributed by atoms with Gasteiger partial charge in [0.05, 0.1) is 0 Å². The predicted octanol–water partition coefficient (Wildman–Crippen LogP) is 2.09. The van der Waals surface area contributed by atoms with Crippen LogP contribution in [0.2, 0.25) is 0 Å². The average Bonchev–Trinajstić information content (AvgIpc) is 2.85. The monoisotopic (exact) mass is 250 g/mol. The zero-order chi connectivity index (χ0) is 13.0. The molecule has 1 aliphatic carbocycles. The quantitative estimate of drug-likeness (QED) is 0.859. The standard InChI is InChI=1S/C14H22N2O2/c1-2-12-6-7-13(18-12)14(17)16-9-10-4-3-5-11(15)8-10/h6-7,10-11H,2-5,8-9,15H2,1H3,(H,16,17). The highest BCUT2D eigenvalue weighted by molar-refractivity contribution is 5.91. The van der Waals surface area contributed by atoms with E-state index in [-0.39, 0.29) is 5.91 Å². The molecule has 0 spiro atoms. The number of amides is 1. The highest BCUT2D eigenvalue weighted by Gasteiger charge is 2.20. The summed E-state index contributed by atoms with van der Waals surface area (Å²) in [7, 11) is 0. The Hall–Kier alpha value is -1.29. The molecule has 1 heterocycles. The molecule has 1 aromatic rings. The second-order valence-corrected chi connectivity index (χ2v) is 5.12. The van der Waals surface area contributed by atoms with Crippen molar-refractivity contribution < 1.29 is 9.21 Å². The van der Waals surface area contributed by atoms with Crippen LogP contribution in [0.3, 0.4) is 0 Å². The fraction of sp³-hybridized carbons (Fsp3) is 0.643. The lowest BCUT2D eigenvalue weighted by Crippen LogP contribution is -2.35. The summed E-state index contributed by atoms with van der Waals surface area (Å²) in [4.78, 5) is 11.9. The summed E-state index contributed by atoms with van der Waals surface area (Å²) in [6.45, 7) is 2.71. The molecule has 100 valence electrons. The van der Waals surface area contributed by atoms with E-state index in [2.05, 4.69) is 5.32 Å². The first-order valence-electron chi connectivity index (χ1n) is 6.81. The number of rotatable bonds is 4. The third-order valence-electron chi connectivity index (χ3n) is 3.61. The van der Waals surface area contributed by atoms with Gasteiger partial charge in [0.25, 0.3) is 5.91 Å². The van der Waals surface area contributed by atoms with Crippen molar-refractivity contribution in [1.29, 1.82) is 0 Å². The van der Waals surface area contributed by atoms with Gasteiger partial charge >= 0.3 is 0 Å². The van der Waals surface area contributed by atoms with Crippen LogP contribution in [-0.4, -0.2) is 18.5 Å². The van der Waals surface area contributed by atoms with Crippen LogP contribution in [0.4, 0.5) is 0 Å². The molecular weight excluding hydrogens is 228 g/mol. The van der Waals surface area contributed by atoms with Crippen molar-refractivity contribution in [2.75, 3.05) is 6.54 Å². The molecule has 1 fully saturated rings. The van der Waals surface area contributed by atoms with Crippen molar-refractivity contribution in [2.45, 2.75) is 45.1 Å². The Bertz CT molecular complexity index is 400. The van der Waals surface area contributed by atoms with Crippen molar-refractivity contribution in [3.05, 3.63) is 23.7 Å². The molecule has 0 bridgehead atoms. The van der Waals surface area contributed by atoms with E-state index in [9.17, 15) is 4.79 Å². The Morgan fingerprint density at radius 3 is 3.00 bits per heavy atom. The van der Waals surface area contributed by atoms with E-state index in [0.29, 0.717) is 24.3 Å². The van der Waals surface area contributed by atoms with Gasteiger partial charge < -0.3 is 15.5 Å². The molecule has 1 aromatic heterocycles. The minimum atomic E-state index is -0.117. The Balaban J connectivity index is 1.80. The van der Waals surface area contributed by atoms with Gasteiger partial charge in [0, 0.05) is 19.0 Å². The van der Waals surface area contributed by atoms with Gasteiger partial charge in [-0.15, -0.1) is 0 Å². The number of nitrogens with one attached hydrogen (secondary N) is 1. The summed E-state index contributed by atoms with van der Waals surface area (Å²) in [5.41, 5.74) is 5.93. The van der Waals surface area contributed by atoms with Gasteiger partial charge in [-0.2, -0.15) is 0 Å². The molecule has 1 amide bonds. The number of carbonyl (C=O) groups excluding carboxylic acids is 1. The first kappa shape index (κ1) is 13.1. The fourth-order valence-corrected chi connectivity index (χ4v) is 2.53. The molecule has 4 heteroatoms. The van der Waals surface area contributed by atoms with Gasteiger partial charge in [-0.3, -0.25) is 4.79 Å². The van der Waals surface area contributed by atoms with E-state index >= 15 is 0 Å². The molecule has 1 saturated carbocycles. The zero-order valence-electron chi connectivity index (χ0n) is 10.9. The maximum Gasteiger partial charge on any atom is 0.287 e. The molecule has 4 nitrogen and oxygen atoms in total. The number of hydrogen-bond acceptors (Lipinski definition) is 3. The Morgan fingerprint density at radius 2 is 2.33 bits per heavy atom. The largest absolute Gasteiger partial charge is 0.456 e. The Morgan fingerprint density at radius 1 is 1.50 bits per heavy atom. The van der Waals surface area contributed by atoms with E-state index in [4.69, 9.17) is 10.2 Å². The highest BCUT2D eigenvalue weighted by Crippen LogP contribution is 2.22. The summed E-state index contributed by atoms with van der Waals surface area (Å²) in [5.74, 6) is 1.65. The molecule has 3 N–H and O–H groups in total. The van der Waals surface area contributed by atoms with Crippen LogP contribution in [0.25, 0.3) is 0 Å². The second kappa shape index (κ2) is 6.05. The number of hydrogen-bond donors (Lipinski definition) is 2. The topological polar surface area (TPSA) is 68.3 Å². The first-order valence-corrected chi connectivity index (χ1v) is 6.81. The zero-order valence-corrected chi connectivity index (χ0v) is 10.9. The lowest BCUT2D eigenvalue weighted by Gasteiger charge is -2.26. The summed E-state index contributed by atoms with van der Waals surface area (Å²) in [6.07, 6.45) is 5.26. The van der Waals surface area contributed by atoms with E-state index in [1.54, 1.807) is 6.07 Å². The number of furan rings is 1. The first-order chi connectivity index (χ1) is 8.69. The van der Waals surface area contributed by atoms with E-state index < -0.39 is 0 Å². The van der Waals surface area contributed by atoms with Gasteiger partial charge in [-0.25, -0.2) is 0 Å². The second-order valence-electron chi connectivity index (χ2n) is 5.12. The molecule has 1 aliphatic rings. The summed E-state index contributed by atoms with van der Waals surface area (Å²) >= 11 is 0. The minimum Gasteiger partial charge on any atom is -0.456 e. The van der Waals surface area contributed by atoms with E-state index in [1.165, 1.54) is 6.42 Å². The molecule has 0 radical (unpaired) electrons. The SMILES string of the molecule is CCc1ccc(C(=O)NCC2CCCC(N)C2)o1. The van der Waals surface area contributed by atoms with Crippen molar-refractivity contribution in [2.24, 2.45) is 11.7 Å². The van der Waals surface area contributed by atoms with Crippen LogP contribution in [0.1, 0.15) is 48.9 Å². The normalized spacial score (nSPS) is 23.9. The third kappa shape index (κ3) is 3.35. The molecule has 2 unspecified atom stereocenters. The average molecular weight is 250 g/mol. The molecule has 2 rings (SSSR count). The number of aryl methyl sites for hydroxylation is 1. The van der Waals surface area contributed by atoms with Crippen molar-refractivity contribution in [3.63, 3.8) is 0 Å². The van der Waals surface area contributed by atoms with Crippen molar-refractivity contribution in [1.82, 2.24) is 5.32 Å². The smallest absolute Gasteiger partial charge is 0.287 e. The van der Waals surface area contributed by atoms with Gasteiger partial charge in [-0.1, -0.05) is 13.3 Å². The van der Waals surface area contributed by atoms with Gasteiger partial charge in [0.15, 0.2) is 5.76 Å². The molecule has 0 aromatic carbocycles. The molecule has 0 saturated heterocycles. The maximum atomic E-state index is 11.9. The predicted molar refractivity (Wildman–Crippen MR) is 70.4 cm³/mol. The maximum absolute atomic E-state index is 11.9. The minimum absolute atomic E-state index is 0.117. The summed E-state index contributed by atoms with van der Waals surface area (Å²) in [5, 5.41) is 2.94. The molecular formula is C14H22N2O2. The van der Waals surface area contributed by atoms with Crippen LogP contribution in [0.15, 0.2) is 16.5 Å². The van der Waals surface area contributed by atoms with Crippen LogP contribution < -0.4 is 11.1 Å². The van der Waals surface area contributed by atoms with Gasteiger partial charge in [0.1, 0.15) is 5.76 Å². The van der Waals surface area contributed by atoms with Crippen LogP contribution in [-0.2, 0) is 6.42 Å². The van der Waals surface area contributed by atoms with E-state index in [0.717, 1.165) is 31.4 Å². The van der Waals surface area contributed by atoms with Crippen LogP contribution in [0.5, 0.6) is 0 Å². The summed E-state index contributed by atoms with van der Waals surface area (Å²) < 4.78 is 5.42. The number of carbonyl (C=O) groups is 1. The van der Waals surface area contributed by atoms with Crippen LogP contribution >= 0.6 is 0 Å². The highest BCUT2D eigenvalue weighted by atomic mass is 16.3. The van der Waals surface area contributed by atoms with Crippen LogP contribution in [0, 0.1) is 5.92 Å². The Kier molecular flexibility index (Phi) is 4.42. The van der Waals surface area contributed by atoms with E-state index in [1.807, 2.05) is 13.0 Å². The Labute approximate surface area is 108 Å². The van der Waals surface area contributed by atoms with Gasteiger partial charge in [0.2, 0.25) is 0 Å². The van der Waals surface area contributed by atoms with Gasteiger partial charge in [-0.05, 0) is 37.3 Å². The molecule has 0 aliphatic heterocycles. The fourth-order valence-electron chi connectivity index (χ4n) is 2.53. The molecule has 2 atom stereocenters. The third-order valence-corrected chi connectivity index (χ3v) is 3.61. The van der Waals surface area contributed by atoms with Crippen molar-refractivity contribution in [3.8, 4) is 0 Å². The summed E-state index contributed by atoms with van der Waals surface area (Å²) in [6, 6.07) is 3.89. The lowest BCUT2D eigenvalue weighted by atomic mass is 9.86. The number of nitrogens with two attached hydrogens (primary N) is 1. The van der Waals surface area contributed by atoms with Crippen molar-refractivity contribution >= 4 is 5.91 Å². The molecule has 18 heavy (non-hydrogen) atoms.